The van der Waals surface area contributed by atoms with E-state index in [1.54, 1.807) is 0 Å². The van der Waals surface area contributed by atoms with Crippen LogP contribution in [0.4, 0.5) is 0 Å². The molecule has 0 radical (unpaired) electrons. The molecule has 2 aromatic carbocycles. The molecule has 0 unspecified atom stereocenters. The molecule has 4 heteroatoms. The third-order valence-corrected chi connectivity index (χ3v) is 3.28. The van der Waals surface area contributed by atoms with E-state index in [1.807, 2.05) is 81.4 Å². The summed E-state index contributed by atoms with van der Waals surface area (Å²) in [6, 6.07) is 19.7. The molecule has 0 atom stereocenters. The molecule has 136 valence electrons. The molecular weight excluding hydrogens is 390 g/mol. The maximum absolute atomic E-state index is 11.9. The van der Waals surface area contributed by atoms with Crippen LogP contribution in [-0.2, 0) is 9.53 Å². The zero-order valence-corrected chi connectivity index (χ0v) is 17.0. The number of ether oxygens (including phenoxy) is 1. The SMILES string of the molecule is C#CCBr.CC(C)(C)OC(=O)CN=C(c1ccccc1)c1ccccc1. The van der Waals surface area contributed by atoms with Gasteiger partial charge in [0.25, 0.3) is 0 Å². The van der Waals surface area contributed by atoms with Crippen molar-refractivity contribution in [1.82, 2.24) is 0 Å². The molecule has 0 bridgehead atoms. The quantitative estimate of drug-likeness (QED) is 0.310. The first-order valence-corrected chi connectivity index (χ1v) is 9.36. The van der Waals surface area contributed by atoms with Crippen LogP contribution in [0.2, 0.25) is 0 Å². The van der Waals surface area contributed by atoms with Gasteiger partial charge in [-0.05, 0) is 20.8 Å². The Kier molecular flexibility index (Phi) is 9.40. The number of hydrogen-bond acceptors (Lipinski definition) is 3. The molecule has 0 spiro atoms. The summed E-state index contributed by atoms with van der Waals surface area (Å²) in [6.07, 6.45) is 4.73. The van der Waals surface area contributed by atoms with Gasteiger partial charge in [-0.15, -0.1) is 6.42 Å². The molecule has 2 aromatic rings. The summed E-state index contributed by atoms with van der Waals surface area (Å²) < 4.78 is 5.31. The van der Waals surface area contributed by atoms with E-state index in [-0.39, 0.29) is 12.5 Å². The number of alkyl halides is 1. The highest BCUT2D eigenvalue weighted by atomic mass is 79.9. The maximum atomic E-state index is 11.9. The lowest BCUT2D eigenvalue weighted by atomic mass is 10.0. The molecule has 0 fully saturated rings. The lowest BCUT2D eigenvalue weighted by Gasteiger charge is -2.18. The van der Waals surface area contributed by atoms with Crippen molar-refractivity contribution in [1.29, 1.82) is 0 Å². The van der Waals surface area contributed by atoms with Crippen LogP contribution in [0.15, 0.2) is 65.7 Å². The van der Waals surface area contributed by atoms with Crippen LogP contribution in [0.25, 0.3) is 0 Å². The number of benzene rings is 2. The van der Waals surface area contributed by atoms with Crippen LogP contribution in [0.3, 0.4) is 0 Å². The minimum atomic E-state index is -0.494. The van der Waals surface area contributed by atoms with Gasteiger partial charge in [0.2, 0.25) is 0 Å². The summed E-state index contributed by atoms with van der Waals surface area (Å²) in [5, 5.41) is 0.660. The predicted octanol–water partition coefficient (Wildman–Crippen LogP) is 4.88. The number of carbonyl (C=O) groups excluding carboxylic acids is 1. The van der Waals surface area contributed by atoms with Crippen molar-refractivity contribution in [2.75, 3.05) is 11.9 Å². The van der Waals surface area contributed by atoms with Crippen molar-refractivity contribution in [3.63, 3.8) is 0 Å². The van der Waals surface area contributed by atoms with E-state index in [1.165, 1.54) is 0 Å². The van der Waals surface area contributed by atoms with E-state index in [2.05, 4.69) is 26.8 Å². The number of carbonyl (C=O) groups is 1. The number of hydrogen-bond donors (Lipinski definition) is 0. The second-order valence-corrected chi connectivity index (χ2v) is 6.88. The molecule has 0 aliphatic carbocycles. The molecule has 2 rings (SSSR count). The maximum Gasteiger partial charge on any atom is 0.328 e. The van der Waals surface area contributed by atoms with Crippen LogP contribution < -0.4 is 0 Å². The Morgan fingerprint density at radius 3 is 1.81 bits per heavy atom. The van der Waals surface area contributed by atoms with E-state index in [0.717, 1.165) is 16.8 Å². The van der Waals surface area contributed by atoms with Crippen LogP contribution in [-0.4, -0.2) is 29.2 Å². The van der Waals surface area contributed by atoms with Gasteiger partial charge in [-0.3, -0.25) is 9.79 Å². The fraction of sp³-hybridized carbons (Fsp3) is 0.273. The smallest absolute Gasteiger partial charge is 0.328 e. The highest BCUT2D eigenvalue weighted by molar-refractivity contribution is 9.09. The van der Waals surface area contributed by atoms with Crippen molar-refractivity contribution >= 4 is 27.6 Å². The van der Waals surface area contributed by atoms with Gasteiger partial charge in [0.1, 0.15) is 12.1 Å². The van der Waals surface area contributed by atoms with Gasteiger partial charge in [-0.2, -0.15) is 0 Å². The Balaban J connectivity index is 0.000000765. The van der Waals surface area contributed by atoms with E-state index >= 15 is 0 Å². The fourth-order valence-electron chi connectivity index (χ4n) is 2.06. The van der Waals surface area contributed by atoms with E-state index < -0.39 is 5.60 Å². The third-order valence-electron chi connectivity index (χ3n) is 2.96. The zero-order valence-electron chi connectivity index (χ0n) is 15.4. The van der Waals surface area contributed by atoms with Crippen molar-refractivity contribution in [3.8, 4) is 12.3 Å². The lowest BCUT2D eigenvalue weighted by molar-refractivity contribution is -0.152. The first-order valence-electron chi connectivity index (χ1n) is 8.24. The van der Waals surface area contributed by atoms with Crippen molar-refractivity contribution < 1.29 is 9.53 Å². The molecule has 0 aliphatic heterocycles. The Labute approximate surface area is 164 Å². The van der Waals surface area contributed by atoms with Crippen LogP contribution in [0.1, 0.15) is 31.9 Å². The highest BCUT2D eigenvalue weighted by Gasteiger charge is 2.16. The van der Waals surface area contributed by atoms with E-state index in [4.69, 9.17) is 11.2 Å². The molecule has 0 N–H and O–H groups in total. The normalized spacial score (nSPS) is 9.96. The summed E-state index contributed by atoms with van der Waals surface area (Å²) in [6.45, 7) is 5.56. The molecule has 0 aliphatic rings. The molecule has 0 saturated carbocycles. The van der Waals surface area contributed by atoms with Gasteiger partial charge in [0, 0.05) is 11.1 Å². The summed E-state index contributed by atoms with van der Waals surface area (Å²) >= 11 is 3.01. The van der Waals surface area contributed by atoms with E-state index in [9.17, 15) is 4.79 Å². The topological polar surface area (TPSA) is 38.7 Å². The molecule has 0 aromatic heterocycles. The van der Waals surface area contributed by atoms with Gasteiger partial charge >= 0.3 is 5.97 Å². The average molecular weight is 414 g/mol. The van der Waals surface area contributed by atoms with Gasteiger partial charge in [-0.1, -0.05) is 82.5 Å². The third kappa shape index (κ3) is 8.64. The fourth-order valence-corrected chi connectivity index (χ4v) is 2.06. The number of terminal acetylenes is 1. The van der Waals surface area contributed by atoms with Crippen LogP contribution in [0, 0.1) is 12.3 Å². The number of nitrogens with zero attached hydrogens (tertiary/aromatic N) is 1. The van der Waals surface area contributed by atoms with Crippen molar-refractivity contribution in [3.05, 3.63) is 71.8 Å². The van der Waals surface area contributed by atoms with E-state index in [0.29, 0.717) is 5.33 Å². The monoisotopic (exact) mass is 413 g/mol. The summed E-state index contributed by atoms with van der Waals surface area (Å²) in [7, 11) is 0. The lowest BCUT2D eigenvalue weighted by Crippen LogP contribution is -2.25. The molecule has 26 heavy (non-hydrogen) atoms. The second kappa shape index (κ2) is 11.3. The predicted molar refractivity (Wildman–Crippen MR) is 112 cm³/mol. The van der Waals surface area contributed by atoms with Crippen LogP contribution >= 0.6 is 15.9 Å². The molecular formula is C22H24BrNO2. The van der Waals surface area contributed by atoms with Gasteiger partial charge in [-0.25, -0.2) is 0 Å². The zero-order chi connectivity index (χ0) is 19.4. The largest absolute Gasteiger partial charge is 0.459 e. The van der Waals surface area contributed by atoms with Crippen molar-refractivity contribution in [2.24, 2.45) is 4.99 Å². The first kappa shape index (κ1) is 21.7. The highest BCUT2D eigenvalue weighted by Crippen LogP contribution is 2.12. The molecule has 0 saturated heterocycles. The molecule has 0 amide bonds. The molecule has 0 heterocycles. The Hall–Kier alpha value is -2.38. The van der Waals surface area contributed by atoms with Gasteiger partial charge < -0.3 is 4.74 Å². The number of esters is 1. The Bertz CT molecular complexity index is 700. The minimum Gasteiger partial charge on any atom is -0.459 e. The first-order chi connectivity index (χ1) is 12.4. The number of aliphatic imine (C=N–C) groups is 1. The van der Waals surface area contributed by atoms with Crippen molar-refractivity contribution in [2.45, 2.75) is 26.4 Å². The Morgan fingerprint density at radius 1 is 1.04 bits per heavy atom. The second-order valence-electron chi connectivity index (χ2n) is 6.32. The average Bonchev–Trinajstić information content (AvgIpc) is 2.62. The standard InChI is InChI=1S/C19H21NO2.C3H3Br/c1-19(2,3)22-17(21)14-20-18(15-10-6-4-7-11-15)16-12-8-5-9-13-16;1-2-3-4/h4-13H,14H2,1-3H3;1H,3H2. The number of rotatable bonds is 4. The van der Waals surface area contributed by atoms with Gasteiger partial charge in [0.15, 0.2) is 0 Å². The molecule has 3 nitrogen and oxygen atoms in total. The minimum absolute atomic E-state index is 0.0103. The summed E-state index contributed by atoms with van der Waals surface area (Å²) in [5.74, 6) is 2.02. The van der Waals surface area contributed by atoms with Gasteiger partial charge in [0.05, 0.1) is 11.0 Å². The van der Waals surface area contributed by atoms with Crippen LogP contribution in [0.5, 0.6) is 0 Å². The number of halogens is 1. The summed E-state index contributed by atoms with van der Waals surface area (Å²) in [4.78, 5) is 16.4. The summed E-state index contributed by atoms with van der Waals surface area (Å²) in [5.41, 5.74) is 2.27. The Morgan fingerprint density at radius 2 is 1.46 bits per heavy atom.